The number of hydrogen-bond acceptors (Lipinski definition) is 4. The predicted molar refractivity (Wildman–Crippen MR) is 100.0 cm³/mol. The SMILES string of the molecule is c1coc(CCNC(=NCCN2CCOCC2)NC2CCCCC2)c1. The first-order chi connectivity index (χ1) is 12.4. The molecule has 6 heteroatoms. The second kappa shape index (κ2) is 10.5. The lowest BCUT2D eigenvalue weighted by Crippen LogP contribution is -2.45. The summed E-state index contributed by atoms with van der Waals surface area (Å²) in [7, 11) is 0. The van der Waals surface area contributed by atoms with Crippen LogP contribution in [0.5, 0.6) is 0 Å². The number of guanidine groups is 1. The van der Waals surface area contributed by atoms with Gasteiger partial charge in [0.25, 0.3) is 0 Å². The van der Waals surface area contributed by atoms with Crippen molar-refractivity contribution in [1.29, 1.82) is 0 Å². The maximum atomic E-state index is 5.41. The van der Waals surface area contributed by atoms with E-state index in [4.69, 9.17) is 14.1 Å². The fraction of sp³-hybridized carbons (Fsp3) is 0.737. The van der Waals surface area contributed by atoms with Crippen LogP contribution in [0.3, 0.4) is 0 Å². The average molecular weight is 348 g/mol. The number of hydrogen-bond donors (Lipinski definition) is 2. The fourth-order valence-electron chi connectivity index (χ4n) is 3.48. The van der Waals surface area contributed by atoms with Gasteiger partial charge in [-0.15, -0.1) is 0 Å². The Morgan fingerprint density at radius 2 is 2.04 bits per heavy atom. The Labute approximate surface area is 151 Å². The van der Waals surface area contributed by atoms with Crippen LogP contribution in [-0.2, 0) is 11.2 Å². The molecule has 1 aliphatic carbocycles. The molecule has 6 nitrogen and oxygen atoms in total. The second-order valence-corrected chi connectivity index (χ2v) is 6.92. The Kier molecular flexibility index (Phi) is 7.64. The van der Waals surface area contributed by atoms with Gasteiger partial charge in [-0.3, -0.25) is 9.89 Å². The summed E-state index contributed by atoms with van der Waals surface area (Å²) in [6.45, 7) is 6.39. The highest BCUT2D eigenvalue weighted by Gasteiger charge is 2.15. The third-order valence-corrected chi connectivity index (χ3v) is 4.98. The minimum absolute atomic E-state index is 0.562. The molecule has 2 aliphatic rings. The number of furan rings is 1. The van der Waals surface area contributed by atoms with E-state index in [9.17, 15) is 0 Å². The molecule has 0 bridgehead atoms. The summed E-state index contributed by atoms with van der Waals surface area (Å²) >= 11 is 0. The number of rotatable bonds is 7. The molecule has 1 saturated heterocycles. The van der Waals surface area contributed by atoms with Crippen molar-refractivity contribution < 1.29 is 9.15 Å². The van der Waals surface area contributed by atoms with Crippen LogP contribution in [0, 0.1) is 0 Å². The van der Waals surface area contributed by atoms with E-state index in [-0.39, 0.29) is 0 Å². The van der Waals surface area contributed by atoms with Gasteiger partial charge in [0.1, 0.15) is 5.76 Å². The van der Waals surface area contributed by atoms with Crippen molar-refractivity contribution in [3.8, 4) is 0 Å². The van der Waals surface area contributed by atoms with Crippen LogP contribution in [0.1, 0.15) is 37.9 Å². The predicted octanol–water partition coefficient (Wildman–Crippen LogP) is 2.02. The first-order valence-electron chi connectivity index (χ1n) is 9.77. The molecule has 1 aromatic heterocycles. The van der Waals surface area contributed by atoms with Crippen molar-refractivity contribution in [3.63, 3.8) is 0 Å². The molecular formula is C19H32N4O2. The van der Waals surface area contributed by atoms with Crippen LogP contribution in [-0.4, -0.2) is 62.8 Å². The molecule has 0 amide bonds. The van der Waals surface area contributed by atoms with Gasteiger partial charge in [-0.2, -0.15) is 0 Å². The quantitative estimate of drug-likeness (QED) is 0.583. The summed E-state index contributed by atoms with van der Waals surface area (Å²) < 4.78 is 10.8. The zero-order valence-electron chi connectivity index (χ0n) is 15.2. The molecule has 1 aliphatic heterocycles. The van der Waals surface area contributed by atoms with Crippen molar-refractivity contribution in [2.45, 2.75) is 44.6 Å². The van der Waals surface area contributed by atoms with Crippen LogP contribution in [0.15, 0.2) is 27.8 Å². The Morgan fingerprint density at radius 3 is 2.80 bits per heavy atom. The molecular weight excluding hydrogens is 316 g/mol. The van der Waals surface area contributed by atoms with Gasteiger partial charge in [0.15, 0.2) is 5.96 Å². The average Bonchev–Trinajstić information content (AvgIpc) is 3.17. The molecule has 25 heavy (non-hydrogen) atoms. The first-order valence-corrected chi connectivity index (χ1v) is 9.77. The second-order valence-electron chi connectivity index (χ2n) is 6.92. The largest absolute Gasteiger partial charge is 0.469 e. The fourth-order valence-corrected chi connectivity index (χ4v) is 3.48. The minimum Gasteiger partial charge on any atom is -0.469 e. The summed E-state index contributed by atoms with van der Waals surface area (Å²) in [4.78, 5) is 7.24. The topological polar surface area (TPSA) is 62.0 Å². The summed E-state index contributed by atoms with van der Waals surface area (Å²) in [5.41, 5.74) is 0. The zero-order chi connectivity index (χ0) is 17.2. The molecule has 2 heterocycles. The Hall–Kier alpha value is -1.53. The zero-order valence-corrected chi connectivity index (χ0v) is 15.2. The van der Waals surface area contributed by atoms with Crippen LogP contribution >= 0.6 is 0 Å². The summed E-state index contributed by atoms with van der Waals surface area (Å²) in [6, 6.07) is 4.52. The van der Waals surface area contributed by atoms with Crippen molar-refractivity contribution in [2.24, 2.45) is 4.99 Å². The van der Waals surface area contributed by atoms with Crippen molar-refractivity contribution in [2.75, 3.05) is 45.9 Å². The Morgan fingerprint density at radius 1 is 1.20 bits per heavy atom. The molecule has 0 radical (unpaired) electrons. The normalized spacial score (nSPS) is 20.6. The van der Waals surface area contributed by atoms with Crippen LogP contribution < -0.4 is 10.6 Å². The van der Waals surface area contributed by atoms with Gasteiger partial charge in [-0.25, -0.2) is 0 Å². The number of ether oxygens (including phenoxy) is 1. The smallest absolute Gasteiger partial charge is 0.191 e. The summed E-state index contributed by atoms with van der Waals surface area (Å²) in [5, 5.41) is 7.12. The van der Waals surface area contributed by atoms with E-state index in [1.807, 2.05) is 12.1 Å². The lowest BCUT2D eigenvalue weighted by Gasteiger charge is -2.27. The minimum atomic E-state index is 0.562. The molecule has 2 N–H and O–H groups in total. The van der Waals surface area contributed by atoms with E-state index in [2.05, 4.69) is 15.5 Å². The van der Waals surface area contributed by atoms with Gasteiger partial charge >= 0.3 is 0 Å². The standard InChI is InChI=1S/C19H32N4O2/c1-2-5-17(6-3-1)22-19(20-9-8-18-7-4-14-25-18)21-10-11-23-12-15-24-16-13-23/h4,7,14,17H,1-3,5-6,8-13,15-16H2,(H2,20,21,22). The first kappa shape index (κ1) is 18.3. The lowest BCUT2D eigenvalue weighted by molar-refractivity contribution is 0.0394. The number of nitrogens with one attached hydrogen (secondary N) is 2. The van der Waals surface area contributed by atoms with E-state index >= 15 is 0 Å². The van der Waals surface area contributed by atoms with Gasteiger partial charge in [0.2, 0.25) is 0 Å². The van der Waals surface area contributed by atoms with Crippen LogP contribution in [0.2, 0.25) is 0 Å². The monoisotopic (exact) mass is 348 g/mol. The molecule has 0 aromatic carbocycles. The molecule has 0 atom stereocenters. The van der Waals surface area contributed by atoms with Gasteiger partial charge in [0.05, 0.1) is 26.0 Å². The molecule has 0 spiro atoms. The van der Waals surface area contributed by atoms with Crippen molar-refractivity contribution in [1.82, 2.24) is 15.5 Å². The molecule has 1 aromatic rings. The molecule has 3 rings (SSSR count). The number of morpholine rings is 1. The van der Waals surface area contributed by atoms with E-state index in [1.54, 1.807) is 6.26 Å². The number of aliphatic imine (C=N–C) groups is 1. The summed E-state index contributed by atoms with van der Waals surface area (Å²) in [5.74, 6) is 1.96. The highest BCUT2D eigenvalue weighted by Crippen LogP contribution is 2.17. The van der Waals surface area contributed by atoms with Gasteiger partial charge in [-0.05, 0) is 25.0 Å². The molecule has 140 valence electrons. The molecule has 1 saturated carbocycles. The number of nitrogens with zero attached hydrogens (tertiary/aromatic N) is 2. The van der Waals surface area contributed by atoms with Crippen LogP contribution in [0.4, 0.5) is 0 Å². The maximum Gasteiger partial charge on any atom is 0.191 e. The van der Waals surface area contributed by atoms with Crippen molar-refractivity contribution in [3.05, 3.63) is 24.2 Å². The lowest BCUT2D eigenvalue weighted by atomic mass is 9.96. The van der Waals surface area contributed by atoms with Gasteiger partial charge in [0, 0.05) is 38.6 Å². The van der Waals surface area contributed by atoms with Crippen molar-refractivity contribution >= 4 is 5.96 Å². The third-order valence-electron chi connectivity index (χ3n) is 4.98. The highest BCUT2D eigenvalue weighted by atomic mass is 16.5. The van der Waals surface area contributed by atoms with Gasteiger partial charge < -0.3 is 19.8 Å². The Bertz CT molecular complexity index is 492. The van der Waals surface area contributed by atoms with E-state index < -0.39 is 0 Å². The third kappa shape index (κ3) is 6.71. The van der Waals surface area contributed by atoms with E-state index in [1.165, 1.54) is 32.1 Å². The van der Waals surface area contributed by atoms with E-state index in [0.717, 1.165) is 64.1 Å². The molecule has 2 fully saturated rings. The maximum absolute atomic E-state index is 5.41. The van der Waals surface area contributed by atoms with Crippen LogP contribution in [0.25, 0.3) is 0 Å². The van der Waals surface area contributed by atoms with E-state index in [0.29, 0.717) is 6.04 Å². The highest BCUT2D eigenvalue weighted by molar-refractivity contribution is 5.80. The molecule has 0 unspecified atom stereocenters. The van der Waals surface area contributed by atoms with Gasteiger partial charge in [-0.1, -0.05) is 19.3 Å². The summed E-state index contributed by atoms with van der Waals surface area (Å²) in [6.07, 6.45) is 9.13. The Balaban J connectivity index is 1.46.